The van der Waals surface area contributed by atoms with Crippen molar-refractivity contribution in [3.05, 3.63) is 82.2 Å². The second kappa shape index (κ2) is 8.62. The van der Waals surface area contributed by atoms with Gasteiger partial charge in [-0.05, 0) is 48.4 Å². The molecule has 148 valence electrons. The molecule has 1 atom stereocenters. The molecule has 1 aliphatic rings. The number of benzene rings is 2. The van der Waals surface area contributed by atoms with Crippen LogP contribution >= 0.6 is 11.3 Å². The van der Waals surface area contributed by atoms with Crippen LogP contribution in [0.3, 0.4) is 0 Å². The Morgan fingerprint density at radius 2 is 1.69 bits per heavy atom. The summed E-state index contributed by atoms with van der Waals surface area (Å²) in [5, 5.41) is 6.67. The van der Waals surface area contributed by atoms with Gasteiger partial charge in [0, 0.05) is 10.6 Å². The molecule has 4 rings (SSSR count). The Bertz CT molecular complexity index is 1010. The summed E-state index contributed by atoms with van der Waals surface area (Å²) in [5.74, 6) is 0.342. The van der Waals surface area contributed by atoms with Gasteiger partial charge in [-0.2, -0.15) is 0 Å². The fourth-order valence-corrected chi connectivity index (χ4v) is 5.17. The van der Waals surface area contributed by atoms with Crippen molar-refractivity contribution >= 4 is 33.8 Å². The number of hydrogen-bond donors (Lipinski definition) is 2. The van der Waals surface area contributed by atoms with E-state index in [1.54, 1.807) is 11.3 Å². The van der Waals surface area contributed by atoms with Gasteiger partial charge in [-0.3, -0.25) is 9.59 Å². The first kappa shape index (κ1) is 19.4. The average Bonchev–Trinajstić information content (AvgIpc) is 3.06. The van der Waals surface area contributed by atoms with Crippen molar-refractivity contribution in [3.63, 3.8) is 0 Å². The van der Waals surface area contributed by atoms with Gasteiger partial charge in [0.1, 0.15) is 5.00 Å². The number of carbonyl (C=O) groups is 2. The van der Waals surface area contributed by atoms with Gasteiger partial charge in [0.2, 0.25) is 5.91 Å². The summed E-state index contributed by atoms with van der Waals surface area (Å²) in [4.78, 5) is 27.0. The zero-order chi connectivity index (χ0) is 20.2. The summed E-state index contributed by atoms with van der Waals surface area (Å²) in [7, 11) is 0. The van der Waals surface area contributed by atoms with Crippen molar-refractivity contribution in [1.82, 2.24) is 0 Å². The molecule has 29 heavy (non-hydrogen) atoms. The Morgan fingerprint density at radius 1 is 1.00 bits per heavy atom. The number of anilines is 2. The van der Waals surface area contributed by atoms with E-state index in [9.17, 15) is 9.59 Å². The molecule has 2 N–H and O–H groups in total. The zero-order valence-corrected chi connectivity index (χ0v) is 17.2. The van der Waals surface area contributed by atoms with Crippen molar-refractivity contribution in [1.29, 1.82) is 0 Å². The molecule has 4 nitrogen and oxygen atoms in total. The van der Waals surface area contributed by atoms with Crippen LogP contribution in [-0.2, 0) is 24.1 Å². The first-order chi connectivity index (χ1) is 14.1. The highest BCUT2D eigenvalue weighted by molar-refractivity contribution is 7.17. The molecule has 5 heteroatoms. The van der Waals surface area contributed by atoms with Crippen molar-refractivity contribution in [2.24, 2.45) is 5.92 Å². The first-order valence-corrected chi connectivity index (χ1v) is 10.8. The maximum absolute atomic E-state index is 13.1. The van der Waals surface area contributed by atoms with Gasteiger partial charge in [0.15, 0.2) is 0 Å². The molecule has 0 unspecified atom stereocenters. The minimum atomic E-state index is -0.154. The molecule has 0 bridgehead atoms. The van der Waals surface area contributed by atoms with Gasteiger partial charge < -0.3 is 10.6 Å². The van der Waals surface area contributed by atoms with E-state index < -0.39 is 0 Å². The van der Waals surface area contributed by atoms with Gasteiger partial charge >= 0.3 is 0 Å². The lowest BCUT2D eigenvalue weighted by Gasteiger charge is -2.18. The molecule has 1 heterocycles. The highest BCUT2D eigenvalue weighted by Gasteiger charge is 2.28. The van der Waals surface area contributed by atoms with E-state index in [4.69, 9.17) is 0 Å². The third kappa shape index (κ3) is 4.57. The van der Waals surface area contributed by atoms with Crippen LogP contribution in [0.25, 0.3) is 0 Å². The Labute approximate surface area is 175 Å². The van der Waals surface area contributed by atoms with E-state index in [0.29, 0.717) is 22.9 Å². The molecule has 1 aromatic heterocycles. The minimum absolute atomic E-state index is 0.100. The summed E-state index contributed by atoms with van der Waals surface area (Å²) in [6.45, 7) is 2.24. The van der Waals surface area contributed by atoms with Crippen molar-refractivity contribution in [3.8, 4) is 0 Å². The Kier molecular flexibility index (Phi) is 5.76. The van der Waals surface area contributed by atoms with Gasteiger partial charge in [-0.15, -0.1) is 11.3 Å². The zero-order valence-electron chi connectivity index (χ0n) is 16.4. The van der Waals surface area contributed by atoms with Crippen molar-refractivity contribution in [2.75, 3.05) is 10.6 Å². The maximum Gasteiger partial charge on any atom is 0.258 e. The SMILES string of the molecule is C[C@H]1CCc2c(sc(NC(=O)Cc3ccccc3)c2C(=O)Nc2ccccc2)C1. The first-order valence-electron chi connectivity index (χ1n) is 9.95. The predicted molar refractivity (Wildman–Crippen MR) is 119 cm³/mol. The maximum atomic E-state index is 13.1. The molecule has 2 amide bonds. The van der Waals surface area contributed by atoms with Crippen LogP contribution in [0.4, 0.5) is 10.7 Å². The fraction of sp³-hybridized carbons (Fsp3) is 0.250. The predicted octanol–water partition coefficient (Wildman–Crippen LogP) is 5.31. The highest BCUT2D eigenvalue weighted by atomic mass is 32.1. The summed E-state index contributed by atoms with van der Waals surface area (Å²) in [5.41, 5.74) is 3.43. The third-order valence-corrected chi connectivity index (χ3v) is 6.40. The largest absolute Gasteiger partial charge is 0.322 e. The van der Waals surface area contributed by atoms with Crippen LogP contribution in [0.15, 0.2) is 60.7 Å². The number of thiophene rings is 1. The summed E-state index contributed by atoms with van der Waals surface area (Å²) >= 11 is 1.55. The average molecular weight is 405 g/mol. The monoisotopic (exact) mass is 404 g/mol. The topological polar surface area (TPSA) is 58.2 Å². The van der Waals surface area contributed by atoms with Crippen molar-refractivity contribution < 1.29 is 9.59 Å². The number of carbonyl (C=O) groups excluding carboxylic acids is 2. The minimum Gasteiger partial charge on any atom is -0.322 e. The standard InChI is InChI=1S/C24H24N2O2S/c1-16-12-13-19-20(14-16)29-24(26-21(27)15-17-8-4-2-5-9-17)22(19)23(28)25-18-10-6-3-7-11-18/h2-11,16H,12-15H2,1H3,(H,25,28)(H,26,27)/t16-/m0/s1. The van der Waals surface area contributed by atoms with Gasteiger partial charge in [-0.25, -0.2) is 0 Å². The van der Waals surface area contributed by atoms with E-state index >= 15 is 0 Å². The van der Waals surface area contributed by atoms with E-state index in [2.05, 4.69) is 17.6 Å². The van der Waals surface area contributed by atoms with Crippen LogP contribution in [-0.4, -0.2) is 11.8 Å². The molecule has 1 aliphatic carbocycles. The fourth-order valence-electron chi connectivity index (χ4n) is 3.75. The number of rotatable bonds is 5. The normalized spacial score (nSPS) is 15.4. The second-order valence-corrected chi connectivity index (χ2v) is 8.69. The molecule has 0 aliphatic heterocycles. The van der Waals surface area contributed by atoms with E-state index in [1.165, 1.54) is 4.88 Å². The molecule has 3 aromatic rings. The van der Waals surface area contributed by atoms with Crippen molar-refractivity contribution in [2.45, 2.75) is 32.6 Å². The van der Waals surface area contributed by atoms with Gasteiger partial charge in [0.25, 0.3) is 5.91 Å². The summed E-state index contributed by atoms with van der Waals surface area (Å²) in [6, 6.07) is 19.1. The molecule has 0 spiro atoms. The lowest BCUT2D eigenvalue weighted by atomic mass is 9.88. The summed E-state index contributed by atoms with van der Waals surface area (Å²) in [6.07, 6.45) is 3.19. The Hall–Kier alpha value is -2.92. The quantitative estimate of drug-likeness (QED) is 0.606. The number of hydrogen-bond acceptors (Lipinski definition) is 3. The Balaban J connectivity index is 1.60. The van der Waals surface area contributed by atoms with Crippen LogP contribution in [0.5, 0.6) is 0 Å². The van der Waals surface area contributed by atoms with E-state index in [1.807, 2.05) is 60.7 Å². The van der Waals surface area contributed by atoms with Crippen LogP contribution in [0.2, 0.25) is 0 Å². The van der Waals surface area contributed by atoms with Crippen LogP contribution < -0.4 is 10.6 Å². The Morgan fingerprint density at radius 3 is 2.41 bits per heavy atom. The lowest BCUT2D eigenvalue weighted by Crippen LogP contribution is -2.20. The molecule has 0 saturated heterocycles. The molecule has 0 radical (unpaired) electrons. The molecule has 0 fully saturated rings. The smallest absolute Gasteiger partial charge is 0.258 e. The molecule has 0 saturated carbocycles. The molecular formula is C24H24N2O2S. The number of nitrogens with one attached hydrogen (secondary N) is 2. The van der Waals surface area contributed by atoms with E-state index in [-0.39, 0.29) is 11.8 Å². The van der Waals surface area contributed by atoms with Gasteiger partial charge in [0.05, 0.1) is 12.0 Å². The third-order valence-electron chi connectivity index (χ3n) is 5.23. The lowest BCUT2D eigenvalue weighted by molar-refractivity contribution is -0.115. The number of amides is 2. The number of para-hydroxylation sites is 1. The van der Waals surface area contributed by atoms with E-state index in [0.717, 1.165) is 36.1 Å². The van der Waals surface area contributed by atoms with Crippen LogP contribution in [0.1, 0.15) is 39.7 Å². The van der Waals surface area contributed by atoms with Gasteiger partial charge in [-0.1, -0.05) is 55.5 Å². The second-order valence-electron chi connectivity index (χ2n) is 7.59. The molecular weight excluding hydrogens is 380 g/mol. The summed E-state index contributed by atoms with van der Waals surface area (Å²) < 4.78 is 0. The van der Waals surface area contributed by atoms with Crippen LogP contribution in [0, 0.1) is 5.92 Å². The molecule has 2 aromatic carbocycles. The number of fused-ring (bicyclic) bond motifs is 1. The highest BCUT2D eigenvalue weighted by Crippen LogP contribution is 2.40.